The van der Waals surface area contributed by atoms with Crippen molar-refractivity contribution in [3.8, 4) is 0 Å². The zero-order valence-corrected chi connectivity index (χ0v) is 18.0. The lowest BCUT2D eigenvalue weighted by Crippen LogP contribution is -1.91. The molecule has 2 heterocycles. The van der Waals surface area contributed by atoms with Gasteiger partial charge in [-0.1, -0.05) is 45.4 Å². The van der Waals surface area contributed by atoms with Crippen molar-refractivity contribution in [2.24, 2.45) is 0 Å². The van der Waals surface area contributed by atoms with E-state index in [4.69, 9.17) is 0 Å². The van der Waals surface area contributed by atoms with Crippen LogP contribution in [0.5, 0.6) is 0 Å². The standard InChI is InChI=1S/C16H15BrN2S.2C2H6/c1-10-4-6-14(7-5-10)20-19-12(3)11(2)15-8-13(17)9-18-16(15)19;2*1-2/h4-9H,1-3H3;2*1-2H3. The molecule has 0 aliphatic rings. The SMILES string of the molecule is CC.CC.Cc1ccc(Sn2c(C)c(C)c3cc(Br)cnc32)cc1. The Labute approximate surface area is 159 Å². The molecule has 0 atom stereocenters. The van der Waals surface area contributed by atoms with Crippen molar-refractivity contribution < 1.29 is 0 Å². The fraction of sp³-hybridized carbons (Fsp3) is 0.350. The topological polar surface area (TPSA) is 17.8 Å². The number of nitrogens with zero attached hydrogens (tertiary/aromatic N) is 2. The molecule has 130 valence electrons. The molecule has 4 heteroatoms. The lowest BCUT2D eigenvalue weighted by atomic mass is 10.2. The van der Waals surface area contributed by atoms with Crippen LogP contribution >= 0.6 is 27.9 Å². The second kappa shape index (κ2) is 9.90. The first-order valence-electron chi connectivity index (χ1n) is 8.44. The number of halogens is 1. The Morgan fingerprint density at radius 3 is 2.12 bits per heavy atom. The van der Waals surface area contributed by atoms with Crippen LogP contribution in [0.4, 0.5) is 0 Å². The lowest BCUT2D eigenvalue weighted by molar-refractivity contribution is 1.15. The average Bonchev–Trinajstić information content (AvgIpc) is 2.85. The Morgan fingerprint density at radius 1 is 0.958 bits per heavy atom. The van der Waals surface area contributed by atoms with Crippen molar-refractivity contribution in [2.45, 2.75) is 53.4 Å². The summed E-state index contributed by atoms with van der Waals surface area (Å²) < 4.78 is 3.23. The van der Waals surface area contributed by atoms with E-state index in [9.17, 15) is 0 Å². The first-order chi connectivity index (χ1) is 11.6. The van der Waals surface area contributed by atoms with Crippen molar-refractivity contribution in [1.29, 1.82) is 0 Å². The summed E-state index contributed by atoms with van der Waals surface area (Å²) in [6.45, 7) is 14.4. The molecule has 0 amide bonds. The van der Waals surface area contributed by atoms with E-state index in [-0.39, 0.29) is 0 Å². The van der Waals surface area contributed by atoms with Crippen LogP contribution < -0.4 is 0 Å². The first-order valence-corrected chi connectivity index (χ1v) is 10.0. The quantitative estimate of drug-likeness (QED) is 0.442. The van der Waals surface area contributed by atoms with E-state index >= 15 is 0 Å². The number of rotatable bonds is 2. The van der Waals surface area contributed by atoms with Gasteiger partial charge in [0, 0.05) is 26.6 Å². The maximum Gasteiger partial charge on any atom is 0.150 e. The number of pyridine rings is 1. The number of fused-ring (bicyclic) bond motifs is 1. The average molecular weight is 407 g/mol. The zero-order valence-electron chi connectivity index (χ0n) is 15.6. The summed E-state index contributed by atoms with van der Waals surface area (Å²) in [5, 5.41) is 1.21. The highest BCUT2D eigenvalue weighted by atomic mass is 79.9. The molecule has 0 unspecified atom stereocenters. The Bertz CT molecular complexity index is 776. The third kappa shape index (κ3) is 4.64. The number of hydrogen-bond acceptors (Lipinski definition) is 2. The molecule has 1 aromatic carbocycles. The normalized spacial score (nSPS) is 9.83. The van der Waals surface area contributed by atoms with E-state index in [0.29, 0.717) is 0 Å². The molecule has 0 fully saturated rings. The highest BCUT2D eigenvalue weighted by Gasteiger charge is 2.13. The van der Waals surface area contributed by atoms with E-state index in [1.807, 2.05) is 33.9 Å². The van der Waals surface area contributed by atoms with Gasteiger partial charge in [0.05, 0.1) is 0 Å². The molecule has 0 saturated heterocycles. The Morgan fingerprint density at radius 2 is 1.54 bits per heavy atom. The lowest BCUT2D eigenvalue weighted by Gasteiger charge is -2.07. The zero-order chi connectivity index (χ0) is 18.3. The van der Waals surface area contributed by atoms with Gasteiger partial charge in [-0.15, -0.1) is 0 Å². The van der Waals surface area contributed by atoms with Crippen LogP contribution in [-0.2, 0) is 0 Å². The third-order valence-electron chi connectivity index (χ3n) is 3.49. The molecule has 3 rings (SSSR count). The molecule has 2 aromatic heterocycles. The van der Waals surface area contributed by atoms with Crippen LogP contribution in [-0.4, -0.2) is 8.96 Å². The summed E-state index contributed by atoms with van der Waals surface area (Å²) in [7, 11) is 0. The highest BCUT2D eigenvalue weighted by Crippen LogP contribution is 2.32. The van der Waals surface area contributed by atoms with Gasteiger partial charge in [0.1, 0.15) is 0 Å². The van der Waals surface area contributed by atoms with Gasteiger partial charge < -0.3 is 0 Å². The van der Waals surface area contributed by atoms with Crippen molar-refractivity contribution >= 4 is 38.9 Å². The van der Waals surface area contributed by atoms with Gasteiger partial charge >= 0.3 is 0 Å². The molecule has 2 nitrogen and oxygen atoms in total. The van der Waals surface area contributed by atoms with Crippen molar-refractivity contribution in [3.05, 3.63) is 57.8 Å². The van der Waals surface area contributed by atoms with Crippen LogP contribution in [0.2, 0.25) is 0 Å². The van der Waals surface area contributed by atoms with Gasteiger partial charge in [0.15, 0.2) is 5.65 Å². The molecule has 0 N–H and O–H groups in total. The minimum Gasteiger partial charge on any atom is -0.268 e. The molecule has 0 aliphatic heterocycles. The van der Waals surface area contributed by atoms with Crippen LogP contribution in [0.15, 0.2) is 45.9 Å². The molecule has 0 saturated carbocycles. The molecule has 0 bridgehead atoms. The number of aryl methyl sites for hydroxylation is 2. The largest absolute Gasteiger partial charge is 0.268 e. The summed E-state index contributed by atoms with van der Waals surface area (Å²) in [6, 6.07) is 10.7. The molecule has 0 radical (unpaired) electrons. The van der Waals surface area contributed by atoms with Crippen molar-refractivity contribution in [1.82, 2.24) is 8.96 Å². The maximum absolute atomic E-state index is 4.57. The minimum atomic E-state index is 1.02. The maximum atomic E-state index is 4.57. The van der Waals surface area contributed by atoms with Crippen LogP contribution in [0.25, 0.3) is 11.0 Å². The van der Waals surface area contributed by atoms with Gasteiger partial charge in [-0.05, 0) is 72.4 Å². The molecule has 0 spiro atoms. The summed E-state index contributed by atoms with van der Waals surface area (Å²) in [4.78, 5) is 5.79. The van der Waals surface area contributed by atoms with Gasteiger partial charge in [-0.3, -0.25) is 3.97 Å². The predicted molar refractivity (Wildman–Crippen MR) is 112 cm³/mol. The van der Waals surface area contributed by atoms with Gasteiger partial charge in [0.2, 0.25) is 0 Å². The van der Waals surface area contributed by atoms with Gasteiger partial charge in [-0.25, -0.2) is 4.98 Å². The van der Waals surface area contributed by atoms with Crippen LogP contribution in [0.1, 0.15) is 44.5 Å². The van der Waals surface area contributed by atoms with E-state index in [0.717, 1.165) is 10.1 Å². The second-order valence-corrected chi connectivity index (χ2v) is 6.87. The summed E-state index contributed by atoms with van der Waals surface area (Å²) in [5.41, 5.74) is 4.83. The van der Waals surface area contributed by atoms with E-state index in [1.165, 1.54) is 27.1 Å². The van der Waals surface area contributed by atoms with Gasteiger partial charge in [-0.2, -0.15) is 0 Å². The van der Waals surface area contributed by atoms with E-state index in [1.54, 1.807) is 11.9 Å². The number of benzene rings is 1. The van der Waals surface area contributed by atoms with E-state index < -0.39 is 0 Å². The molecular weight excluding hydrogens is 380 g/mol. The van der Waals surface area contributed by atoms with Crippen LogP contribution in [0, 0.1) is 20.8 Å². The fourth-order valence-corrected chi connectivity index (χ4v) is 3.50. The molecular formula is C20H27BrN2S. The minimum absolute atomic E-state index is 1.02. The smallest absolute Gasteiger partial charge is 0.150 e. The monoisotopic (exact) mass is 406 g/mol. The summed E-state index contributed by atoms with van der Waals surface area (Å²) >= 11 is 5.21. The number of hydrogen-bond donors (Lipinski definition) is 0. The number of aromatic nitrogens is 2. The van der Waals surface area contributed by atoms with E-state index in [2.05, 4.69) is 76.0 Å². The Hall–Kier alpha value is -1.26. The Balaban J connectivity index is 0.000000671. The predicted octanol–water partition coefficient (Wildman–Crippen LogP) is 7.33. The fourth-order valence-electron chi connectivity index (χ4n) is 2.19. The van der Waals surface area contributed by atoms with Crippen LogP contribution in [0.3, 0.4) is 0 Å². The molecule has 3 aromatic rings. The third-order valence-corrected chi connectivity index (χ3v) is 5.04. The molecule has 0 aliphatic carbocycles. The Kier molecular flexibility index (Phi) is 8.57. The van der Waals surface area contributed by atoms with Crippen molar-refractivity contribution in [2.75, 3.05) is 0 Å². The summed E-state index contributed by atoms with van der Waals surface area (Å²) in [6.07, 6.45) is 1.85. The first kappa shape index (κ1) is 20.8. The van der Waals surface area contributed by atoms with Crippen molar-refractivity contribution in [3.63, 3.8) is 0 Å². The van der Waals surface area contributed by atoms with Gasteiger partial charge in [0.25, 0.3) is 0 Å². The second-order valence-electron chi connectivity index (χ2n) is 4.93. The summed E-state index contributed by atoms with van der Waals surface area (Å²) in [5.74, 6) is 0. The molecule has 24 heavy (non-hydrogen) atoms. The highest BCUT2D eigenvalue weighted by molar-refractivity contribution is 9.10.